The molecule has 296 valence electrons. The monoisotopic (exact) mass is 731 g/mol. The average molecular weight is 731 g/mol. The lowest BCUT2D eigenvalue weighted by Gasteiger charge is -2.24. The Morgan fingerprint density at radius 1 is 0.620 bits per heavy atom. The number of rotatable bonds is 38. The predicted molar refractivity (Wildman–Crippen MR) is 210 cm³/mol. The first-order valence-electron chi connectivity index (χ1n) is 20.6. The van der Waals surface area contributed by atoms with Crippen LogP contribution in [-0.2, 0) is 27.9 Å². The van der Waals surface area contributed by atoms with Crippen LogP contribution >= 0.6 is 7.82 Å². The van der Waals surface area contributed by atoms with Crippen LogP contribution in [0, 0.1) is 0 Å². The molecule has 0 aliphatic rings. The van der Waals surface area contributed by atoms with Gasteiger partial charge in [-0.05, 0) is 38.5 Å². The second-order valence-electron chi connectivity index (χ2n) is 15.0. The van der Waals surface area contributed by atoms with E-state index in [0.717, 1.165) is 64.2 Å². The van der Waals surface area contributed by atoms with E-state index in [1.165, 1.54) is 89.9 Å². The molecule has 9 heteroatoms. The minimum Gasteiger partial charge on any atom is -0.457 e. The maximum absolute atomic E-state index is 12.6. The number of hydrogen-bond acceptors (Lipinski definition) is 6. The third kappa shape index (κ3) is 38.2. The van der Waals surface area contributed by atoms with Crippen molar-refractivity contribution in [1.29, 1.82) is 0 Å². The van der Waals surface area contributed by atoms with Crippen molar-refractivity contribution in [3.05, 3.63) is 24.3 Å². The molecule has 0 radical (unpaired) electrons. The largest absolute Gasteiger partial charge is 0.472 e. The molecule has 0 aromatic carbocycles. The van der Waals surface area contributed by atoms with Gasteiger partial charge in [0, 0.05) is 13.0 Å². The Bertz CT molecular complexity index is 858. The molecule has 0 aliphatic heterocycles. The molecule has 0 bridgehead atoms. The second-order valence-corrected chi connectivity index (χ2v) is 16.5. The summed E-state index contributed by atoms with van der Waals surface area (Å²) in [5, 5.41) is 0. The Labute approximate surface area is 309 Å². The Balaban J connectivity index is 4.26. The zero-order valence-electron chi connectivity index (χ0n) is 33.4. The lowest BCUT2D eigenvalue weighted by molar-refractivity contribution is -0.870. The van der Waals surface area contributed by atoms with Crippen LogP contribution in [0.2, 0.25) is 0 Å². The van der Waals surface area contributed by atoms with Crippen LogP contribution in [-0.4, -0.2) is 75.6 Å². The summed E-state index contributed by atoms with van der Waals surface area (Å²) in [6.07, 6.45) is 37.7. The summed E-state index contributed by atoms with van der Waals surface area (Å²) >= 11 is 0. The molecular weight excluding hydrogens is 649 g/mol. The van der Waals surface area contributed by atoms with Crippen LogP contribution in [0.25, 0.3) is 0 Å². The number of carbonyl (C=O) groups is 1. The minimum atomic E-state index is -4.27. The Morgan fingerprint density at radius 3 is 1.70 bits per heavy atom. The van der Waals surface area contributed by atoms with Crippen LogP contribution in [0.5, 0.6) is 0 Å². The van der Waals surface area contributed by atoms with E-state index in [1.54, 1.807) is 0 Å². The van der Waals surface area contributed by atoms with Gasteiger partial charge in [-0.3, -0.25) is 13.8 Å². The topological polar surface area (TPSA) is 91.3 Å². The number of unbranched alkanes of at least 4 members (excludes halogenated alkanes) is 20. The maximum Gasteiger partial charge on any atom is 0.472 e. The first-order valence-corrected chi connectivity index (χ1v) is 22.1. The van der Waals surface area contributed by atoms with Crippen molar-refractivity contribution in [3.8, 4) is 0 Å². The Kier molecular flexibility index (Phi) is 34.3. The predicted octanol–water partition coefficient (Wildman–Crippen LogP) is 11.7. The summed E-state index contributed by atoms with van der Waals surface area (Å²) in [6.45, 7) is 5.56. The highest BCUT2D eigenvalue weighted by Gasteiger charge is 2.26. The molecule has 1 N–H and O–H groups in total. The number of phosphoric ester groups is 1. The fourth-order valence-corrected chi connectivity index (χ4v) is 6.27. The summed E-state index contributed by atoms with van der Waals surface area (Å²) in [6, 6.07) is 0. The number of hydrogen-bond donors (Lipinski definition) is 1. The van der Waals surface area contributed by atoms with Crippen molar-refractivity contribution in [1.82, 2.24) is 0 Å². The lowest BCUT2D eigenvalue weighted by Crippen LogP contribution is -2.37. The van der Waals surface area contributed by atoms with Crippen LogP contribution in [0.3, 0.4) is 0 Å². The van der Waals surface area contributed by atoms with Crippen molar-refractivity contribution >= 4 is 13.8 Å². The van der Waals surface area contributed by atoms with E-state index in [9.17, 15) is 14.3 Å². The standard InChI is InChI=1S/C41H80NO7P/c1-6-8-10-12-14-16-18-20-21-23-25-27-29-31-33-36-46-38-40(39-48-50(44,45)47-37-35-42(3,4)5)49-41(43)34-32-30-28-26-24-22-19-17-15-13-11-9-7-2/h11,13,17,19,40H,6-10,12,14-16,18,20-39H2,1-5H3/p+1/b13-11-,19-17-. The fraction of sp³-hybridized carbons (Fsp3) is 0.878. The molecule has 2 unspecified atom stereocenters. The molecule has 0 aromatic rings. The number of likely N-dealkylation sites (N-methyl/N-ethyl adjacent to an activating group) is 1. The number of allylic oxidation sites excluding steroid dienone is 4. The molecule has 0 aliphatic carbocycles. The third-order valence-electron chi connectivity index (χ3n) is 8.75. The van der Waals surface area contributed by atoms with Gasteiger partial charge < -0.3 is 18.9 Å². The molecule has 0 heterocycles. The average Bonchev–Trinajstić information content (AvgIpc) is 3.06. The molecule has 0 aromatic heterocycles. The van der Waals surface area contributed by atoms with Gasteiger partial charge >= 0.3 is 13.8 Å². The van der Waals surface area contributed by atoms with Crippen LogP contribution < -0.4 is 0 Å². The van der Waals surface area contributed by atoms with Crippen LogP contribution in [0.4, 0.5) is 0 Å². The van der Waals surface area contributed by atoms with Crippen LogP contribution in [0.15, 0.2) is 24.3 Å². The molecule has 0 fully saturated rings. The molecule has 50 heavy (non-hydrogen) atoms. The smallest absolute Gasteiger partial charge is 0.457 e. The van der Waals surface area contributed by atoms with Crippen LogP contribution in [0.1, 0.15) is 174 Å². The SMILES string of the molecule is CCC/C=C\C/C=C\CCCCCCCC(=O)OC(COCCCCCCCCCCCCCCCCC)COP(=O)(O)OCC[N+](C)(C)C. The van der Waals surface area contributed by atoms with Crippen molar-refractivity contribution in [3.63, 3.8) is 0 Å². The number of phosphoric acid groups is 1. The van der Waals surface area contributed by atoms with E-state index < -0.39 is 13.9 Å². The number of nitrogens with zero attached hydrogens (tertiary/aromatic N) is 1. The summed E-state index contributed by atoms with van der Waals surface area (Å²) in [5.41, 5.74) is 0. The normalized spacial score (nSPS) is 14.1. The van der Waals surface area contributed by atoms with Gasteiger partial charge in [0.15, 0.2) is 0 Å². The van der Waals surface area contributed by atoms with E-state index in [4.69, 9.17) is 18.5 Å². The minimum absolute atomic E-state index is 0.0874. The molecule has 2 atom stereocenters. The molecule has 0 saturated heterocycles. The van der Waals surface area contributed by atoms with Gasteiger partial charge in [-0.15, -0.1) is 0 Å². The van der Waals surface area contributed by atoms with Gasteiger partial charge in [0.2, 0.25) is 0 Å². The van der Waals surface area contributed by atoms with E-state index >= 15 is 0 Å². The van der Waals surface area contributed by atoms with Gasteiger partial charge in [-0.1, -0.05) is 154 Å². The number of ether oxygens (including phenoxy) is 2. The Hall–Kier alpha value is -1.02. The zero-order chi connectivity index (χ0) is 37.0. The maximum atomic E-state index is 12.6. The highest BCUT2D eigenvalue weighted by molar-refractivity contribution is 7.47. The van der Waals surface area contributed by atoms with Crippen molar-refractivity contribution in [2.45, 2.75) is 180 Å². The summed E-state index contributed by atoms with van der Waals surface area (Å²) in [7, 11) is 1.66. The van der Waals surface area contributed by atoms with E-state index in [-0.39, 0.29) is 25.8 Å². The second kappa shape index (κ2) is 35.0. The molecule has 0 saturated carbocycles. The van der Waals surface area contributed by atoms with Gasteiger partial charge in [-0.25, -0.2) is 4.57 Å². The number of esters is 1. The van der Waals surface area contributed by atoms with E-state index in [1.807, 2.05) is 21.1 Å². The zero-order valence-corrected chi connectivity index (χ0v) is 34.3. The van der Waals surface area contributed by atoms with Gasteiger partial charge in [-0.2, -0.15) is 0 Å². The van der Waals surface area contributed by atoms with Crippen molar-refractivity contribution in [2.24, 2.45) is 0 Å². The quantitative estimate of drug-likeness (QED) is 0.0222. The molecule has 0 amide bonds. The summed E-state index contributed by atoms with van der Waals surface area (Å²) < 4.78 is 34.9. The number of carbonyl (C=O) groups excluding carboxylic acids is 1. The van der Waals surface area contributed by atoms with Gasteiger partial charge in [0.1, 0.15) is 19.3 Å². The molecular formula is C41H81NO7P+. The molecule has 8 nitrogen and oxygen atoms in total. The van der Waals surface area contributed by atoms with Crippen molar-refractivity contribution in [2.75, 3.05) is 54.1 Å². The first-order chi connectivity index (χ1) is 24.1. The summed E-state index contributed by atoms with van der Waals surface area (Å²) in [5.74, 6) is -0.327. The van der Waals surface area contributed by atoms with E-state index in [2.05, 4.69) is 38.2 Å². The fourth-order valence-electron chi connectivity index (χ4n) is 5.53. The lowest BCUT2D eigenvalue weighted by atomic mass is 10.0. The first kappa shape index (κ1) is 49.0. The van der Waals surface area contributed by atoms with Gasteiger partial charge in [0.25, 0.3) is 0 Å². The van der Waals surface area contributed by atoms with E-state index in [0.29, 0.717) is 24.1 Å². The highest BCUT2D eigenvalue weighted by Crippen LogP contribution is 2.43. The Morgan fingerprint density at radius 2 is 1.14 bits per heavy atom. The summed E-state index contributed by atoms with van der Waals surface area (Å²) in [4.78, 5) is 22.8. The number of quaternary nitrogens is 1. The molecule has 0 rings (SSSR count). The molecule has 0 spiro atoms. The third-order valence-corrected chi connectivity index (χ3v) is 9.73. The van der Waals surface area contributed by atoms with Gasteiger partial charge in [0.05, 0.1) is 34.4 Å². The highest BCUT2D eigenvalue weighted by atomic mass is 31.2. The van der Waals surface area contributed by atoms with Crippen molar-refractivity contribution < 1.29 is 37.3 Å².